The number of nitrogens with one attached hydrogen (secondary N) is 1. The van der Waals surface area contributed by atoms with Crippen LogP contribution in [0.25, 0.3) is 10.8 Å². The van der Waals surface area contributed by atoms with Gasteiger partial charge >= 0.3 is 0 Å². The lowest BCUT2D eigenvalue weighted by Gasteiger charge is -2.07. The molecule has 1 heterocycles. The maximum absolute atomic E-state index is 4.99. The molecule has 1 aromatic heterocycles. The van der Waals surface area contributed by atoms with Crippen molar-refractivity contribution < 1.29 is 4.74 Å². The molecule has 2 aromatic rings. The lowest BCUT2D eigenvalue weighted by atomic mass is 10.1. The van der Waals surface area contributed by atoms with Crippen LogP contribution in [0.2, 0.25) is 0 Å². The van der Waals surface area contributed by atoms with Gasteiger partial charge < -0.3 is 10.1 Å². The summed E-state index contributed by atoms with van der Waals surface area (Å²) in [5.74, 6) is 0. The SMILES string of the molecule is COCCNCc1cccc2cnccc12. The zero-order valence-electron chi connectivity index (χ0n) is 9.44. The molecule has 0 radical (unpaired) electrons. The molecule has 0 amide bonds. The van der Waals surface area contributed by atoms with E-state index in [9.17, 15) is 0 Å². The van der Waals surface area contributed by atoms with Gasteiger partial charge in [-0.15, -0.1) is 0 Å². The summed E-state index contributed by atoms with van der Waals surface area (Å²) in [6.07, 6.45) is 3.73. The largest absolute Gasteiger partial charge is 0.383 e. The first-order chi connectivity index (χ1) is 7.92. The summed E-state index contributed by atoms with van der Waals surface area (Å²) in [7, 11) is 1.71. The first-order valence-corrected chi connectivity index (χ1v) is 5.43. The third-order valence-corrected chi connectivity index (χ3v) is 2.57. The Morgan fingerprint density at radius 3 is 3.12 bits per heavy atom. The molecule has 0 spiro atoms. The Morgan fingerprint density at radius 1 is 1.31 bits per heavy atom. The van der Waals surface area contributed by atoms with E-state index in [-0.39, 0.29) is 0 Å². The summed E-state index contributed by atoms with van der Waals surface area (Å²) in [5, 5.41) is 5.80. The smallest absolute Gasteiger partial charge is 0.0587 e. The second-order valence-electron chi connectivity index (χ2n) is 3.68. The van der Waals surface area contributed by atoms with Gasteiger partial charge in [-0.25, -0.2) is 0 Å². The van der Waals surface area contributed by atoms with Crippen LogP contribution in [0, 0.1) is 0 Å². The van der Waals surface area contributed by atoms with Crippen molar-refractivity contribution in [3.05, 3.63) is 42.2 Å². The molecule has 0 aliphatic rings. The van der Waals surface area contributed by atoms with Crippen molar-refractivity contribution in [3.63, 3.8) is 0 Å². The fraction of sp³-hybridized carbons (Fsp3) is 0.308. The van der Waals surface area contributed by atoms with Crippen LogP contribution in [0.1, 0.15) is 5.56 Å². The van der Waals surface area contributed by atoms with Crippen molar-refractivity contribution in [2.24, 2.45) is 0 Å². The van der Waals surface area contributed by atoms with Crippen LogP contribution in [0.3, 0.4) is 0 Å². The van der Waals surface area contributed by atoms with Crippen LogP contribution < -0.4 is 5.32 Å². The van der Waals surface area contributed by atoms with E-state index in [2.05, 4.69) is 34.6 Å². The van der Waals surface area contributed by atoms with Crippen molar-refractivity contribution >= 4 is 10.8 Å². The van der Waals surface area contributed by atoms with Crippen molar-refractivity contribution in [1.29, 1.82) is 0 Å². The summed E-state index contributed by atoms with van der Waals surface area (Å²) in [6.45, 7) is 2.48. The highest BCUT2D eigenvalue weighted by atomic mass is 16.5. The second-order valence-corrected chi connectivity index (χ2v) is 3.68. The van der Waals surface area contributed by atoms with E-state index in [0.29, 0.717) is 0 Å². The maximum Gasteiger partial charge on any atom is 0.0587 e. The molecular formula is C13H16N2O. The Balaban J connectivity index is 2.11. The zero-order chi connectivity index (χ0) is 11.2. The van der Waals surface area contributed by atoms with Gasteiger partial charge in [0.15, 0.2) is 0 Å². The van der Waals surface area contributed by atoms with Gasteiger partial charge in [0.05, 0.1) is 6.61 Å². The Hall–Kier alpha value is -1.45. The first-order valence-electron chi connectivity index (χ1n) is 5.43. The number of rotatable bonds is 5. The number of benzene rings is 1. The summed E-state index contributed by atoms with van der Waals surface area (Å²) >= 11 is 0. The minimum absolute atomic E-state index is 0.742. The molecule has 1 aromatic carbocycles. The van der Waals surface area contributed by atoms with Crippen LogP contribution in [0.4, 0.5) is 0 Å². The van der Waals surface area contributed by atoms with E-state index in [4.69, 9.17) is 4.74 Å². The molecule has 16 heavy (non-hydrogen) atoms. The molecule has 0 saturated heterocycles. The van der Waals surface area contributed by atoms with E-state index in [1.165, 1.54) is 16.3 Å². The normalized spacial score (nSPS) is 10.8. The maximum atomic E-state index is 4.99. The van der Waals surface area contributed by atoms with Gasteiger partial charge in [0.25, 0.3) is 0 Å². The highest BCUT2D eigenvalue weighted by Crippen LogP contribution is 2.16. The minimum atomic E-state index is 0.742. The molecule has 0 atom stereocenters. The molecule has 3 nitrogen and oxygen atoms in total. The highest BCUT2D eigenvalue weighted by molar-refractivity contribution is 5.84. The van der Waals surface area contributed by atoms with Gasteiger partial charge in [-0.05, 0) is 17.0 Å². The van der Waals surface area contributed by atoms with Crippen LogP contribution in [-0.4, -0.2) is 25.2 Å². The summed E-state index contributed by atoms with van der Waals surface area (Å²) in [6, 6.07) is 8.35. The molecule has 1 N–H and O–H groups in total. The van der Waals surface area contributed by atoms with E-state index < -0.39 is 0 Å². The zero-order valence-corrected chi connectivity index (χ0v) is 9.44. The standard InChI is InChI=1S/C13H16N2O/c1-16-8-7-15-10-12-4-2-3-11-9-14-6-5-13(11)12/h2-6,9,15H,7-8,10H2,1H3. The summed E-state index contributed by atoms with van der Waals surface area (Å²) in [5.41, 5.74) is 1.30. The van der Waals surface area contributed by atoms with Gasteiger partial charge in [0.1, 0.15) is 0 Å². The third kappa shape index (κ3) is 2.56. The molecule has 0 bridgehead atoms. The molecule has 84 valence electrons. The third-order valence-electron chi connectivity index (χ3n) is 2.57. The topological polar surface area (TPSA) is 34.1 Å². The lowest BCUT2D eigenvalue weighted by molar-refractivity contribution is 0.199. The van der Waals surface area contributed by atoms with Crippen LogP contribution in [0.15, 0.2) is 36.7 Å². The van der Waals surface area contributed by atoms with E-state index >= 15 is 0 Å². The van der Waals surface area contributed by atoms with Crippen molar-refractivity contribution in [2.75, 3.05) is 20.3 Å². The minimum Gasteiger partial charge on any atom is -0.383 e. The van der Waals surface area contributed by atoms with Gasteiger partial charge in [0.2, 0.25) is 0 Å². The molecule has 0 unspecified atom stereocenters. The Bertz CT molecular complexity index is 451. The fourth-order valence-corrected chi connectivity index (χ4v) is 1.74. The fourth-order valence-electron chi connectivity index (χ4n) is 1.74. The van der Waals surface area contributed by atoms with Crippen LogP contribution >= 0.6 is 0 Å². The highest BCUT2D eigenvalue weighted by Gasteiger charge is 1.99. The quantitative estimate of drug-likeness (QED) is 0.776. The number of methoxy groups -OCH3 is 1. The number of aromatic nitrogens is 1. The monoisotopic (exact) mass is 216 g/mol. The van der Waals surface area contributed by atoms with Gasteiger partial charge in [-0.1, -0.05) is 18.2 Å². The predicted molar refractivity (Wildman–Crippen MR) is 65.3 cm³/mol. The van der Waals surface area contributed by atoms with Crippen molar-refractivity contribution in [1.82, 2.24) is 10.3 Å². The first kappa shape index (κ1) is 11.0. The van der Waals surface area contributed by atoms with E-state index in [0.717, 1.165) is 19.7 Å². The Morgan fingerprint density at radius 2 is 2.25 bits per heavy atom. The average molecular weight is 216 g/mol. The van der Waals surface area contributed by atoms with Gasteiger partial charge in [0, 0.05) is 38.0 Å². The number of nitrogens with zero attached hydrogens (tertiary/aromatic N) is 1. The molecule has 0 aliphatic carbocycles. The Kier molecular flexibility index (Phi) is 3.86. The van der Waals surface area contributed by atoms with E-state index in [1.54, 1.807) is 7.11 Å². The average Bonchev–Trinajstić information content (AvgIpc) is 2.35. The van der Waals surface area contributed by atoms with Gasteiger partial charge in [-0.2, -0.15) is 0 Å². The number of fused-ring (bicyclic) bond motifs is 1. The Labute approximate surface area is 95.5 Å². The predicted octanol–water partition coefficient (Wildman–Crippen LogP) is 1.97. The van der Waals surface area contributed by atoms with Crippen molar-refractivity contribution in [2.45, 2.75) is 6.54 Å². The summed E-state index contributed by atoms with van der Waals surface area (Å²) in [4.78, 5) is 4.12. The van der Waals surface area contributed by atoms with Crippen molar-refractivity contribution in [3.8, 4) is 0 Å². The number of ether oxygens (including phenoxy) is 1. The molecule has 2 rings (SSSR count). The molecule has 3 heteroatoms. The van der Waals surface area contributed by atoms with E-state index in [1.807, 2.05) is 12.4 Å². The molecule has 0 saturated carbocycles. The lowest BCUT2D eigenvalue weighted by Crippen LogP contribution is -2.18. The number of hydrogen-bond acceptors (Lipinski definition) is 3. The molecule has 0 aliphatic heterocycles. The molecular weight excluding hydrogens is 200 g/mol. The van der Waals surface area contributed by atoms with Gasteiger partial charge in [-0.3, -0.25) is 4.98 Å². The second kappa shape index (κ2) is 5.58. The van der Waals surface area contributed by atoms with Crippen LogP contribution in [0.5, 0.6) is 0 Å². The van der Waals surface area contributed by atoms with Crippen LogP contribution in [-0.2, 0) is 11.3 Å². The molecule has 0 fully saturated rings. The number of pyridine rings is 1. The summed E-state index contributed by atoms with van der Waals surface area (Å²) < 4.78 is 4.99. The number of hydrogen-bond donors (Lipinski definition) is 1.